The molecule has 0 amide bonds. The van der Waals surface area contributed by atoms with Gasteiger partial charge >= 0.3 is 0 Å². The molecule has 88 valence electrons. The molecule has 0 aliphatic carbocycles. The summed E-state index contributed by atoms with van der Waals surface area (Å²) in [5, 5.41) is 0. The summed E-state index contributed by atoms with van der Waals surface area (Å²) in [4.78, 5) is 0. The third kappa shape index (κ3) is 5.60. The summed E-state index contributed by atoms with van der Waals surface area (Å²) in [6.45, 7) is 12.8. The highest BCUT2D eigenvalue weighted by Crippen LogP contribution is 2.30. The molecule has 0 aromatic carbocycles. The van der Waals surface area contributed by atoms with Gasteiger partial charge in [-0.3, -0.25) is 0 Å². The van der Waals surface area contributed by atoms with Crippen LogP contribution in [0, 0.1) is 11.8 Å². The van der Waals surface area contributed by atoms with Gasteiger partial charge in [0.25, 0.3) is 0 Å². The molecule has 15 heavy (non-hydrogen) atoms. The van der Waals surface area contributed by atoms with Crippen molar-refractivity contribution in [1.82, 2.24) is 0 Å². The van der Waals surface area contributed by atoms with Crippen LogP contribution in [0.1, 0.15) is 47.5 Å². The highest BCUT2D eigenvalue weighted by atomic mass is 16.6. The van der Waals surface area contributed by atoms with Crippen LogP contribution in [0.5, 0.6) is 0 Å². The highest BCUT2D eigenvalue weighted by Gasteiger charge is 2.30. The summed E-state index contributed by atoms with van der Waals surface area (Å²) in [5.74, 6) is 3.35. The Morgan fingerprint density at radius 3 is 2.07 bits per heavy atom. The third-order valence-electron chi connectivity index (χ3n) is 3.45. The molecule has 0 N–H and O–H groups in total. The largest absolute Gasteiger partial charge is 0.373 e. The molecule has 1 aliphatic heterocycles. The molecule has 0 bridgehead atoms. The highest BCUT2D eigenvalue weighted by molar-refractivity contribution is 6.39. The van der Waals surface area contributed by atoms with Crippen LogP contribution in [0.4, 0.5) is 0 Å². The third-order valence-corrected chi connectivity index (χ3v) is 3.45. The molecule has 1 rings (SSSR count). The molecule has 0 aromatic heterocycles. The molecule has 1 heterocycles. The normalized spacial score (nSPS) is 26.1. The Morgan fingerprint density at radius 1 is 1.07 bits per heavy atom. The summed E-state index contributed by atoms with van der Waals surface area (Å²) in [6, 6.07) is 0. The fraction of sp³-hybridized carbons (Fsp3) is 1.00. The lowest BCUT2D eigenvalue weighted by atomic mass is 9.52. The Kier molecular flexibility index (Phi) is 5.18. The Bertz CT molecular complexity index is 177. The van der Waals surface area contributed by atoms with Gasteiger partial charge in [0.1, 0.15) is 7.28 Å². The van der Waals surface area contributed by atoms with E-state index in [1.54, 1.807) is 0 Å². The minimum Gasteiger partial charge on any atom is -0.373 e. The van der Waals surface area contributed by atoms with Crippen molar-refractivity contribution in [1.29, 1.82) is 0 Å². The Hall–Kier alpha value is 0.0249. The second-order valence-electron chi connectivity index (χ2n) is 6.16. The van der Waals surface area contributed by atoms with E-state index in [1.807, 2.05) is 0 Å². The first-order valence-electron chi connectivity index (χ1n) is 6.60. The SMILES string of the molecule is CC(C)CC(C)BC(C)CC(C)C1CO1. The van der Waals surface area contributed by atoms with E-state index in [4.69, 9.17) is 4.74 Å². The van der Waals surface area contributed by atoms with E-state index in [1.165, 1.54) is 20.1 Å². The van der Waals surface area contributed by atoms with Gasteiger partial charge in [-0.15, -0.1) is 0 Å². The van der Waals surface area contributed by atoms with Crippen molar-refractivity contribution in [3.05, 3.63) is 0 Å². The molecule has 1 fully saturated rings. The predicted octanol–water partition coefficient (Wildman–Crippen LogP) is 3.51. The molecule has 0 saturated carbocycles. The first-order valence-corrected chi connectivity index (χ1v) is 6.60. The number of hydrogen-bond donors (Lipinski definition) is 0. The van der Waals surface area contributed by atoms with Gasteiger partial charge < -0.3 is 4.74 Å². The van der Waals surface area contributed by atoms with Gasteiger partial charge in [0, 0.05) is 0 Å². The molecular formula is C13H27BO. The summed E-state index contributed by atoms with van der Waals surface area (Å²) in [7, 11) is 1.38. The summed E-state index contributed by atoms with van der Waals surface area (Å²) in [5.41, 5.74) is 0. The van der Waals surface area contributed by atoms with E-state index in [9.17, 15) is 0 Å². The van der Waals surface area contributed by atoms with Gasteiger partial charge in [0.2, 0.25) is 0 Å². The monoisotopic (exact) mass is 210 g/mol. The second kappa shape index (κ2) is 5.93. The molecule has 0 aromatic rings. The van der Waals surface area contributed by atoms with Crippen LogP contribution >= 0.6 is 0 Å². The van der Waals surface area contributed by atoms with Crippen LogP contribution < -0.4 is 0 Å². The number of epoxide rings is 1. The van der Waals surface area contributed by atoms with E-state index in [0.29, 0.717) is 6.10 Å². The number of hydrogen-bond acceptors (Lipinski definition) is 1. The van der Waals surface area contributed by atoms with Crippen molar-refractivity contribution in [2.75, 3.05) is 6.61 Å². The topological polar surface area (TPSA) is 12.5 Å². The maximum Gasteiger partial charge on any atom is 0.126 e. The van der Waals surface area contributed by atoms with E-state index in [2.05, 4.69) is 34.6 Å². The summed E-state index contributed by atoms with van der Waals surface area (Å²) in [6.07, 6.45) is 3.30. The molecule has 1 nitrogen and oxygen atoms in total. The van der Waals surface area contributed by atoms with Gasteiger partial charge in [-0.25, -0.2) is 0 Å². The summed E-state index contributed by atoms with van der Waals surface area (Å²) >= 11 is 0. The Labute approximate surface area is 96.2 Å². The lowest BCUT2D eigenvalue weighted by Gasteiger charge is -2.19. The first kappa shape index (κ1) is 13.1. The van der Waals surface area contributed by atoms with Crippen LogP contribution in [0.15, 0.2) is 0 Å². The fourth-order valence-corrected chi connectivity index (χ4v) is 2.85. The zero-order valence-electron chi connectivity index (χ0n) is 11.1. The molecule has 2 heteroatoms. The van der Waals surface area contributed by atoms with Crippen LogP contribution in [-0.4, -0.2) is 20.0 Å². The van der Waals surface area contributed by atoms with Crippen molar-refractivity contribution in [2.24, 2.45) is 11.8 Å². The van der Waals surface area contributed by atoms with Crippen LogP contribution in [0.2, 0.25) is 11.6 Å². The van der Waals surface area contributed by atoms with E-state index in [0.717, 1.165) is 30.1 Å². The second-order valence-corrected chi connectivity index (χ2v) is 6.16. The van der Waals surface area contributed by atoms with Crippen molar-refractivity contribution < 1.29 is 4.74 Å². The lowest BCUT2D eigenvalue weighted by molar-refractivity contribution is 0.329. The van der Waals surface area contributed by atoms with Gasteiger partial charge in [-0.1, -0.05) is 59.1 Å². The molecule has 1 aliphatic rings. The molecule has 1 saturated heterocycles. The van der Waals surface area contributed by atoms with E-state index >= 15 is 0 Å². The van der Waals surface area contributed by atoms with Crippen molar-refractivity contribution in [2.45, 2.75) is 65.2 Å². The average Bonchev–Trinajstić information content (AvgIpc) is 2.82. The maximum absolute atomic E-state index is 5.34. The van der Waals surface area contributed by atoms with Crippen LogP contribution in [0.25, 0.3) is 0 Å². The number of rotatable bonds is 7. The van der Waals surface area contributed by atoms with Crippen molar-refractivity contribution in [3.63, 3.8) is 0 Å². The van der Waals surface area contributed by atoms with E-state index < -0.39 is 0 Å². The molecule has 4 unspecified atom stereocenters. The minimum atomic E-state index is 0.591. The van der Waals surface area contributed by atoms with Gasteiger partial charge in [-0.2, -0.15) is 0 Å². The molecular weight excluding hydrogens is 183 g/mol. The fourth-order valence-electron chi connectivity index (χ4n) is 2.85. The van der Waals surface area contributed by atoms with Crippen molar-refractivity contribution in [3.8, 4) is 0 Å². The molecule has 0 spiro atoms. The zero-order valence-corrected chi connectivity index (χ0v) is 11.1. The lowest BCUT2D eigenvalue weighted by Crippen LogP contribution is -2.13. The first-order chi connectivity index (χ1) is 6.99. The van der Waals surface area contributed by atoms with Crippen LogP contribution in [-0.2, 0) is 4.74 Å². The standard InChI is InChI=1S/C13H27BO/c1-9(2)6-11(4)14-12(5)7-10(3)13-8-15-13/h9-14H,6-8H2,1-5H3. The summed E-state index contributed by atoms with van der Waals surface area (Å²) < 4.78 is 5.34. The maximum atomic E-state index is 5.34. The minimum absolute atomic E-state index is 0.591. The molecule has 0 radical (unpaired) electrons. The van der Waals surface area contributed by atoms with Gasteiger partial charge in [0.05, 0.1) is 12.7 Å². The number of ether oxygens (including phenoxy) is 1. The van der Waals surface area contributed by atoms with Crippen molar-refractivity contribution >= 4 is 7.28 Å². The predicted molar refractivity (Wildman–Crippen MR) is 69.0 cm³/mol. The van der Waals surface area contributed by atoms with Gasteiger partial charge in [0.15, 0.2) is 0 Å². The quantitative estimate of drug-likeness (QED) is 0.462. The Balaban J connectivity index is 2.13. The molecule has 4 atom stereocenters. The van der Waals surface area contributed by atoms with E-state index in [-0.39, 0.29) is 0 Å². The average molecular weight is 210 g/mol. The smallest absolute Gasteiger partial charge is 0.126 e. The zero-order chi connectivity index (χ0) is 11.4. The Morgan fingerprint density at radius 2 is 1.60 bits per heavy atom. The van der Waals surface area contributed by atoms with Crippen LogP contribution in [0.3, 0.4) is 0 Å². The van der Waals surface area contributed by atoms with Gasteiger partial charge in [-0.05, 0) is 11.8 Å².